The Labute approximate surface area is 113 Å². The molecule has 104 valence electrons. The van der Waals surface area contributed by atoms with E-state index in [1.54, 1.807) is 6.07 Å². The third kappa shape index (κ3) is 3.45. The van der Waals surface area contributed by atoms with E-state index in [2.05, 4.69) is 10.2 Å². The van der Waals surface area contributed by atoms with Crippen molar-refractivity contribution in [3.05, 3.63) is 23.3 Å². The van der Waals surface area contributed by atoms with Gasteiger partial charge in [0.05, 0.1) is 7.11 Å². The molecule has 0 unspecified atom stereocenters. The van der Waals surface area contributed by atoms with Gasteiger partial charge in [-0.1, -0.05) is 0 Å². The van der Waals surface area contributed by atoms with E-state index in [-0.39, 0.29) is 5.75 Å². The number of rotatable bonds is 5. The molecule has 2 N–H and O–H groups in total. The van der Waals surface area contributed by atoms with Crippen LogP contribution in [0, 0.1) is 0 Å². The van der Waals surface area contributed by atoms with E-state index in [0.717, 1.165) is 51.0 Å². The van der Waals surface area contributed by atoms with Gasteiger partial charge in [-0.3, -0.25) is 4.79 Å². The van der Waals surface area contributed by atoms with Crippen LogP contribution >= 0.6 is 0 Å². The number of carbonyl (C=O) groups is 1. The van der Waals surface area contributed by atoms with Crippen LogP contribution in [-0.4, -0.2) is 56.1 Å². The Hall–Kier alpha value is -1.59. The summed E-state index contributed by atoms with van der Waals surface area (Å²) in [5.41, 5.74) is 1.46. The van der Waals surface area contributed by atoms with E-state index < -0.39 is 0 Å². The van der Waals surface area contributed by atoms with Gasteiger partial charge in [0, 0.05) is 38.3 Å². The molecule has 1 fully saturated rings. The molecule has 5 heteroatoms. The third-order valence-corrected chi connectivity index (χ3v) is 3.47. The lowest BCUT2D eigenvalue weighted by molar-refractivity contribution is 0.112. The van der Waals surface area contributed by atoms with Crippen molar-refractivity contribution in [3.63, 3.8) is 0 Å². The lowest BCUT2D eigenvalue weighted by atomic mass is 10.0. The quantitative estimate of drug-likeness (QED) is 0.765. The average Bonchev–Trinajstić information content (AvgIpc) is 2.46. The van der Waals surface area contributed by atoms with Gasteiger partial charge in [-0.15, -0.1) is 0 Å². The zero-order valence-corrected chi connectivity index (χ0v) is 11.2. The summed E-state index contributed by atoms with van der Waals surface area (Å²) in [6.45, 7) is 5.01. The summed E-state index contributed by atoms with van der Waals surface area (Å²) in [5.74, 6) is 0.427. The molecule has 1 aromatic rings. The number of benzene rings is 1. The van der Waals surface area contributed by atoms with Gasteiger partial charge in [-0.2, -0.15) is 0 Å². The highest BCUT2D eigenvalue weighted by Crippen LogP contribution is 2.29. The van der Waals surface area contributed by atoms with Crippen molar-refractivity contribution < 1.29 is 14.6 Å². The second-order valence-electron chi connectivity index (χ2n) is 4.68. The number of phenolic OH excluding ortho intramolecular Hbond substituents is 1. The highest BCUT2D eigenvalue weighted by atomic mass is 16.5. The molecule has 0 spiro atoms. The Balaban J connectivity index is 2.07. The second kappa shape index (κ2) is 6.54. The number of nitrogens with zero attached hydrogens (tertiary/aromatic N) is 1. The predicted molar refractivity (Wildman–Crippen MR) is 73.1 cm³/mol. The number of piperazine rings is 1. The molecule has 1 aromatic carbocycles. The Morgan fingerprint density at radius 2 is 2.16 bits per heavy atom. The molecule has 1 aliphatic rings. The number of methoxy groups -OCH3 is 1. The van der Waals surface area contributed by atoms with E-state index in [1.807, 2.05) is 0 Å². The summed E-state index contributed by atoms with van der Waals surface area (Å²) in [7, 11) is 1.51. The Kier molecular flexibility index (Phi) is 4.76. The summed E-state index contributed by atoms with van der Waals surface area (Å²) in [4.78, 5) is 13.4. The molecule has 0 amide bonds. The molecule has 2 rings (SSSR count). The van der Waals surface area contributed by atoms with Crippen LogP contribution in [0.3, 0.4) is 0 Å². The van der Waals surface area contributed by atoms with Crippen molar-refractivity contribution in [1.29, 1.82) is 0 Å². The number of phenols is 1. The number of hydrogen-bond donors (Lipinski definition) is 2. The van der Waals surface area contributed by atoms with Crippen LogP contribution in [0.4, 0.5) is 0 Å². The van der Waals surface area contributed by atoms with Gasteiger partial charge < -0.3 is 20.1 Å². The molecule has 19 heavy (non-hydrogen) atoms. The second-order valence-corrected chi connectivity index (χ2v) is 4.68. The number of nitrogens with one attached hydrogen (secondary N) is 1. The molecular formula is C14H20N2O3. The van der Waals surface area contributed by atoms with Gasteiger partial charge in [0.1, 0.15) is 6.29 Å². The van der Waals surface area contributed by atoms with Gasteiger partial charge in [0.2, 0.25) is 0 Å². The van der Waals surface area contributed by atoms with Crippen molar-refractivity contribution >= 4 is 6.29 Å². The molecule has 1 saturated heterocycles. The predicted octanol–water partition coefficient (Wildman–Crippen LogP) is 0.661. The number of aromatic hydroxyl groups is 1. The molecule has 0 atom stereocenters. The van der Waals surface area contributed by atoms with Crippen LogP contribution in [0.5, 0.6) is 11.5 Å². The van der Waals surface area contributed by atoms with Crippen LogP contribution in [0.15, 0.2) is 12.1 Å². The molecule has 1 aliphatic heterocycles. The SMILES string of the molecule is COc1cc(CCN2CCNCC2)c(C=O)cc1O. The average molecular weight is 264 g/mol. The lowest BCUT2D eigenvalue weighted by Gasteiger charge is -2.27. The highest BCUT2D eigenvalue weighted by Gasteiger charge is 2.13. The Bertz CT molecular complexity index is 443. The number of aldehydes is 1. The summed E-state index contributed by atoms with van der Waals surface area (Å²) in [6.07, 6.45) is 1.57. The topological polar surface area (TPSA) is 61.8 Å². The van der Waals surface area contributed by atoms with Crippen molar-refractivity contribution in [3.8, 4) is 11.5 Å². The molecular weight excluding hydrogens is 244 g/mol. The number of ether oxygens (including phenoxy) is 1. The summed E-state index contributed by atoms with van der Waals surface area (Å²) < 4.78 is 5.09. The first-order chi connectivity index (χ1) is 9.24. The first kappa shape index (κ1) is 13.8. The maximum Gasteiger partial charge on any atom is 0.160 e. The van der Waals surface area contributed by atoms with Gasteiger partial charge >= 0.3 is 0 Å². The van der Waals surface area contributed by atoms with E-state index in [0.29, 0.717) is 11.3 Å². The van der Waals surface area contributed by atoms with Crippen molar-refractivity contribution in [2.24, 2.45) is 0 Å². The summed E-state index contributed by atoms with van der Waals surface area (Å²) in [6, 6.07) is 3.22. The molecule has 5 nitrogen and oxygen atoms in total. The molecule has 0 bridgehead atoms. The Morgan fingerprint density at radius 1 is 1.42 bits per heavy atom. The van der Waals surface area contributed by atoms with Crippen LogP contribution < -0.4 is 10.1 Å². The van der Waals surface area contributed by atoms with E-state index >= 15 is 0 Å². The van der Waals surface area contributed by atoms with Crippen molar-refractivity contribution in [1.82, 2.24) is 10.2 Å². The van der Waals surface area contributed by atoms with E-state index in [9.17, 15) is 9.90 Å². The van der Waals surface area contributed by atoms with E-state index in [4.69, 9.17) is 4.74 Å². The number of hydrogen-bond acceptors (Lipinski definition) is 5. The smallest absolute Gasteiger partial charge is 0.160 e. The molecule has 1 heterocycles. The standard InChI is InChI=1S/C14H20N2O3/c1-19-14-9-11(12(10-17)8-13(14)18)2-5-16-6-3-15-4-7-16/h8-10,15,18H,2-7H2,1H3. The molecule has 0 aromatic heterocycles. The monoisotopic (exact) mass is 264 g/mol. The highest BCUT2D eigenvalue weighted by molar-refractivity contribution is 5.79. The first-order valence-corrected chi connectivity index (χ1v) is 6.52. The first-order valence-electron chi connectivity index (χ1n) is 6.52. The van der Waals surface area contributed by atoms with Gasteiger partial charge in [-0.25, -0.2) is 0 Å². The van der Waals surface area contributed by atoms with Gasteiger partial charge in [0.15, 0.2) is 11.5 Å². The fraction of sp³-hybridized carbons (Fsp3) is 0.500. The summed E-state index contributed by atoms with van der Waals surface area (Å²) in [5, 5.41) is 13.0. The fourth-order valence-electron chi connectivity index (χ4n) is 2.33. The van der Waals surface area contributed by atoms with E-state index in [1.165, 1.54) is 13.2 Å². The van der Waals surface area contributed by atoms with Crippen LogP contribution in [0.25, 0.3) is 0 Å². The summed E-state index contributed by atoms with van der Waals surface area (Å²) >= 11 is 0. The zero-order chi connectivity index (χ0) is 13.7. The van der Waals surface area contributed by atoms with Crippen LogP contribution in [0.2, 0.25) is 0 Å². The normalized spacial score (nSPS) is 16.3. The van der Waals surface area contributed by atoms with Gasteiger partial charge in [0.25, 0.3) is 0 Å². The van der Waals surface area contributed by atoms with Crippen molar-refractivity contribution in [2.45, 2.75) is 6.42 Å². The van der Waals surface area contributed by atoms with Crippen LogP contribution in [-0.2, 0) is 6.42 Å². The van der Waals surface area contributed by atoms with Crippen LogP contribution in [0.1, 0.15) is 15.9 Å². The lowest BCUT2D eigenvalue weighted by Crippen LogP contribution is -2.44. The minimum atomic E-state index is 0.00974. The molecule has 0 saturated carbocycles. The van der Waals surface area contributed by atoms with Gasteiger partial charge in [-0.05, 0) is 24.1 Å². The Morgan fingerprint density at radius 3 is 2.79 bits per heavy atom. The maximum atomic E-state index is 11.1. The zero-order valence-electron chi connectivity index (χ0n) is 11.2. The molecule has 0 aliphatic carbocycles. The minimum absolute atomic E-state index is 0.00974. The maximum absolute atomic E-state index is 11.1. The third-order valence-electron chi connectivity index (χ3n) is 3.47. The minimum Gasteiger partial charge on any atom is -0.504 e. The molecule has 0 radical (unpaired) electrons. The fourth-order valence-corrected chi connectivity index (χ4v) is 2.33. The number of carbonyl (C=O) groups excluding carboxylic acids is 1. The largest absolute Gasteiger partial charge is 0.504 e. The van der Waals surface area contributed by atoms with Crippen molar-refractivity contribution in [2.75, 3.05) is 39.8 Å².